The van der Waals surface area contributed by atoms with Crippen molar-refractivity contribution in [3.05, 3.63) is 24.3 Å². The second kappa shape index (κ2) is 11.2. The number of anilines is 2. The van der Waals surface area contributed by atoms with E-state index in [1.165, 1.54) is 0 Å². The Morgan fingerprint density at radius 1 is 0.818 bits per heavy atom. The summed E-state index contributed by atoms with van der Waals surface area (Å²) in [6, 6.07) is 7.64. The standard InChI is InChI=1S/C16H24N2O2S2/c1-3-5-11-19-15(21)17-13-7-9-14(10-8-13)18-16(22)20-12-6-4-2/h7-10H,3-6,11-12H2,1-2H3,(H,17,21)(H,18,22). The third kappa shape index (κ3) is 8.14. The van der Waals surface area contributed by atoms with Gasteiger partial charge in [-0.25, -0.2) is 0 Å². The van der Waals surface area contributed by atoms with Crippen molar-refractivity contribution in [2.45, 2.75) is 39.5 Å². The van der Waals surface area contributed by atoms with Crippen LogP contribution in [0.15, 0.2) is 24.3 Å². The Kier molecular flexibility index (Phi) is 9.50. The van der Waals surface area contributed by atoms with Crippen LogP contribution in [0.4, 0.5) is 11.4 Å². The summed E-state index contributed by atoms with van der Waals surface area (Å²) in [6.07, 6.45) is 4.17. The number of hydrogen-bond donors (Lipinski definition) is 2. The van der Waals surface area contributed by atoms with Gasteiger partial charge in [0, 0.05) is 11.4 Å². The largest absolute Gasteiger partial charge is 0.471 e. The molecule has 122 valence electrons. The first-order valence-corrected chi connectivity index (χ1v) is 8.45. The Labute approximate surface area is 143 Å². The van der Waals surface area contributed by atoms with E-state index in [4.69, 9.17) is 33.9 Å². The Bertz CT molecular complexity index is 421. The summed E-state index contributed by atoms with van der Waals surface area (Å²) in [7, 11) is 0. The highest BCUT2D eigenvalue weighted by atomic mass is 32.1. The third-order valence-corrected chi connectivity index (χ3v) is 3.28. The second-order valence-corrected chi connectivity index (χ2v) is 5.55. The lowest BCUT2D eigenvalue weighted by atomic mass is 10.3. The molecule has 1 aromatic rings. The molecule has 0 spiro atoms. The zero-order valence-electron chi connectivity index (χ0n) is 13.2. The number of thiocarbonyl (C=S) groups is 2. The lowest BCUT2D eigenvalue weighted by Crippen LogP contribution is -2.15. The Morgan fingerprint density at radius 2 is 1.18 bits per heavy atom. The van der Waals surface area contributed by atoms with Crippen LogP contribution in [-0.2, 0) is 9.47 Å². The van der Waals surface area contributed by atoms with Crippen molar-refractivity contribution in [3.63, 3.8) is 0 Å². The fourth-order valence-corrected chi connectivity index (χ4v) is 1.97. The molecule has 0 amide bonds. The van der Waals surface area contributed by atoms with E-state index in [0.29, 0.717) is 23.6 Å². The molecule has 0 bridgehead atoms. The number of benzene rings is 1. The van der Waals surface area contributed by atoms with Gasteiger partial charge in [0.2, 0.25) is 0 Å². The van der Waals surface area contributed by atoms with Crippen molar-refractivity contribution in [3.8, 4) is 0 Å². The van der Waals surface area contributed by atoms with Gasteiger partial charge in [0.25, 0.3) is 10.3 Å². The first-order valence-electron chi connectivity index (χ1n) is 7.63. The molecule has 2 N–H and O–H groups in total. The van der Waals surface area contributed by atoms with Gasteiger partial charge in [0.15, 0.2) is 0 Å². The molecule has 0 aliphatic heterocycles. The number of rotatable bonds is 8. The molecule has 0 heterocycles. The maximum Gasteiger partial charge on any atom is 0.261 e. The lowest BCUT2D eigenvalue weighted by molar-refractivity contribution is 0.303. The van der Waals surface area contributed by atoms with Crippen LogP contribution in [0, 0.1) is 0 Å². The summed E-state index contributed by atoms with van der Waals surface area (Å²) < 4.78 is 10.8. The number of unbranched alkanes of at least 4 members (excludes halogenated alkanes) is 2. The minimum Gasteiger partial charge on any atom is -0.471 e. The first kappa shape index (κ1) is 18.6. The molecule has 0 saturated heterocycles. The highest BCUT2D eigenvalue weighted by Gasteiger charge is 2.01. The van der Waals surface area contributed by atoms with Crippen LogP contribution in [-0.4, -0.2) is 23.6 Å². The van der Waals surface area contributed by atoms with Gasteiger partial charge in [-0.15, -0.1) is 0 Å². The zero-order chi connectivity index (χ0) is 16.2. The second-order valence-electron chi connectivity index (χ2n) is 4.81. The van der Waals surface area contributed by atoms with E-state index in [0.717, 1.165) is 37.1 Å². The van der Waals surface area contributed by atoms with Crippen molar-refractivity contribution in [2.24, 2.45) is 0 Å². The van der Waals surface area contributed by atoms with Crippen LogP contribution in [0.3, 0.4) is 0 Å². The van der Waals surface area contributed by atoms with E-state index in [1.807, 2.05) is 24.3 Å². The summed E-state index contributed by atoms with van der Waals surface area (Å²) in [5.74, 6) is 0. The van der Waals surface area contributed by atoms with Crippen molar-refractivity contribution in [1.82, 2.24) is 0 Å². The molecule has 0 aromatic heterocycles. The Morgan fingerprint density at radius 3 is 1.50 bits per heavy atom. The van der Waals surface area contributed by atoms with Crippen molar-refractivity contribution < 1.29 is 9.47 Å². The van der Waals surface area contributed by atoms with Gasteiger partial charge >= 0.3 is 0 Å². The van der Waals surface area contributed by atoms with Gasteiger partial charge in [-0.1, -0.05) is 26.7 Å². The van der Waals surface area contributed by atoms with Gasteiger partial charge in [0.1, 0.15) is 0 Å². The molecule has 0 unspecified atom stereocenters. The summed E-state index contributed by atoms with van der Waals surface area (Å²) in [6.45, 7) is 5.51. The van der Waals surface area contributed by atoms with Crippen molar-refractivity contribution >= 4 is 46.2 Å². The van der Waals surface area contributed by atoms with Gasteiger partial charge in [-0.2, -0.15) is 0 Å². The van der Waals surface area contributed by atoms with E-state index >= 15 is 0 Å². The molecular formula is C16H24N2O2S2. The molecule has 0 saturated carbocycles. The maximum absolute atomic E-state index is 5.40. The highest BCUT2D eigenvalue weighted by molar-refractivity contribution is 7.80. The van der Waals surface area contributed by atoms with Gasteiger partial charge in [-0.05, 0) is 61.5 Å². The molecule has 1 aromatic carbocycles. The maximum atomic E-state index is 5.40. The predicted molar refractivity (Wildman–Crippen MR) is 101 cm³/mol. The molecule has 0 aliphatic rings. The molecular weight excluding hydrogens is 316 g/mol. The monoisotopic (exact) mass is 340 g/mol. The van der Waals surface area contributed by atoms with Crippen LogP contribution in [0.25, 0.3) is 0 Å². The number of ether oxygens (including phenoxy) is 2. The van der Waals surface area contributed by atoms with Crippen LogP contribution in [0.5, 0.6) is 0 Å². The van der Waals surface area contributed by atoms with E-state index in [2.05, 4.69) is 24.5 Å². The van der Waals surface area contributed by atoms with E-state index in [-0.39, 0.29) is 0 Å². The topological polar surface area (TPSA) is 42.5 Å². The zero-order valence-corrected chi connectivity index (χ0v) is 14.8. The normalized spacial score (nSPS) is 9.91. The van der Waals surface area contributed by atoms with Crippen LogP contribution in [0.2, 0.25) is 0 Å². The van der Waals surface area contributed by atoms with Crippen molar-refractivity contribution in [1.29, 1.82) is 0 Å². The predicted octanol–water partition coefficient (Wildman–Crippen LogP) is 4.71. The minimum atomic E-state index is 0.396. The SMILES string of the molecule is CCCCOC(=S)Nc1ccc(NC(=S)OCCCC)cc1. The molecule has 0 atom stereocenters. The van der Waals surface area contributed by atoms with E-state index < -0.39 is 0 Å². The molecule has 0 radical (unpaired) electrons. The Balaban J connectivity index is 2.36. The van der Waals surface area contributed by atoms with Crippen LogP contribution in [0.1, 0.15) is 39.5 Å². The summed E-state index contributed by atoms with van der Waals surface area (Å²) >= 11 is 10.2. The number of hydrogen-bond acceptors (Lipinski definition) is 4. The average Bonchev–Trinajstić information content (AvgIpc) is 2.50. The van der Waals surface area contributed by atoms with E-state index in [1.54, 1.807) is 0 Å². The van der Waals surface area contributed by atoms with Gasteiger partial charge < -0.3 is 20.1 Å². The first-order chi connectivity index (χ1) is 10.7. The molecule has 6 heteroatoms. The molecule has 4 nitrogen and oxygen atoms in total. The molecule has 0 aliphatic carbocycles. The number of nitrogens with one attached hydrogen (secondary N) is 2. The summed E-state index contributed by atoms with van der Waals surface area (Å²) in [4.78, 5) is 0. The van der Waals surface area contributed by atoms with Crippen LogP contribution < -0.4 is 10.6 Å². The smallest absolute Gasteiger partial charge is 0.261 e. The van der Waals surface area contributed by atoms with Gasteiger partial charge in [-0.3, -0.25) is 0 Å². The minimum absolute atomic E-state index is 0.396. The third-order valence-electron chi connectivity index (χ3n) is 2.84. The highest BCUT2D eigenvalue weighted by Crippen LogP contribution is 2.14. The Hall–Kier alpha value is -1.40. The average molecular weight is 341 g/mol. The molecule has 0 fully saturated rings. The quantitative estimate of drug-likeness (QED) is 0.527. The van der Waals surface area contributed by atoms with E-state index in [9.17, 15) is 0 Å². The van der Waals surface area contributed by atoms with Crippen LogP contribution >= 0.6 is 24.4 Å². The summed E-state index contributed by atoms with van der Waals surface area (Å²) in [5.41, 5.74) is 1.76. The van der Waals surface area contributed by atoms with Gasteiger partial charge in [0.05, 0.1) is 13.2 Å². The molecule has 22 heavy (non-hydrogen) atoms. The fourth-order valence-electron chi connectivity index (χ4n) is 1.56. The summed E-state index contributed by atoms with van der Waals surface area (Å²) in [5, 5.41) is 6.87. The fraction of sp³-hybridized carbons (Fsp3) is 0.500. The molecule has 1 rings (SSSR count). The lowest BCUT2D eigenvalue weighted by Gasteiger charge is -2.11. The van der Waals surface area contributed by atoms with Crippen molar-refractivity contribution in [2.75, 3.05) is 23.8 Å².